The van der Waals surface area contributed by atoms with Crippen LogP contribution in [-0.4, -0.2) is 50.0 Å². The number of anilines is 1. The molecule has 0 aliphatic rings. The molecule has 2 rings (SSSR count). The number of nitrogens with zero attached hydrogens (tertiary/aromatic N) is 1. The number of rotatable bonds is 10. The Labute approximate surface area is 185 Å². The predicted molar refractivity (Wildman–Crippen MR) is 127 cm³/mol. The largest absolute Gasteiger partial charge is 0.497 e. The van der Waals surface area contributed by atoms with E-state index in [1.54, 1.807) is 37.5 Å². The van der Waals surface area contributed by atoms with Gasteiger partial charge in [0.05, 0.1) is 7.11 Å². The lowest BCUT2D eigenvalue weighted by atomic mass is 10.0. The summed E-state index contributed by atoms with van der Waals surface area (Å²) < 4.78 is 5.27. The number of likely N-dealkylation sites (N-methyl/N-ethyl adjacent to an activating group) is 1. The van der Waals surface area contributed by atoms with Crippen molar-refractivity contribution in [1.82, 2.24) is 10.2 Å². The third kappa shape index (κ3) is 7.26. The van der Waals surface area contributed by atoms with Crippen molar-refractivity contribution in [2.75, 3.05) is 38.6 Å². The summed E-state index contributed by atoms with van der Waals surface area (Å²) in [6.07, 6.45) is 3.31. The summed E-state index contributed by atoms with van der Waals surface area (Å²) in [4.78, 5) is 26.8. The molecule has 31 heavy (non-hydrogen) atoms. The maximum absolute atomic E-state index is 12.3. The zero-order valence-electron chi connectivity index (χ0n) is 19.1. The molecule has 0 bridgehead atoms. The van der Waals surface area contributed by atoms with Crippen LogP contribution < -0.4 is 15.4 Å². The van der Waals surface area contributed by atoms with Gasteiger partial charge in [0.1, 0.15) is 5.75 Å². The third-order valence-corrected chi connectivity index (χ3v) is 5.23. The van der Waals surface area contributed by atoms with Crippen LogP contribution in [0.5, 0.6) is 5.75 Å². The monoisotopic (exact) mass is 423 g/mol. The Bertz CT molecular complexity index is 893. The Hall–Kier alpha value is -3.12. The first-order valence-corrected chi connectivity index (χ1v) is 10.6. The van der Waals surface area contributed by atoms with Crippen molar-refractivity contribution in [2.24, 2.45) is 0 Å². The lowest BCUT2D eigenvalue weighted by Crippen LogP contribution is -2.34. The lowest BCUT2D eigenvalue weighted by Gasteiger charge is -2.17. The topological polar surface area (TPSA) is 70.7 Å². The molecule has 166 valence electrons. The smallest absolute Gasteiger partial charge is 0.251 e. The maximum Gasteiger partial charge on any atom is 0.251 e. The van der Waals surface area contributed by atoms with E-state index in [4.69, 9.17) is 4.74 Å². The number of hydrogen-bond donors (Lipinski definition) is 2. The summed E-state index contributed by atoms with van der Waals surface area (Å²) in [7, 11) is 1.64. The fourth-order valence-electron chi connectivity index (χ4n) is 3.33. The van der Waals surface area contributed by atoms with Crippen LogP contribution in [0.3, 0.4) is 0 Å². The quantitative estimate of drug-likeness (QED) is 0.566. The molecule has 0 heterocycles. The van der Waals surface area contributed by atoms with Gasteiger partial charge in [-0.05, 0) is 86.1 Å². The molecule has 0 saturated carbocycles. The molecule has 0 atom stereocenters. The molecule has 0 fully saturated rings. The van der Waals surface area contributed by atoms with Crippen molar-refractivity contribution < 1.29 is 14.3 Å². The van der Waals surface area contributed by atoms with Gasteiger partial charge in [0, 0.05) is 30.4 Å². The van der Waals surface area contributed by atoms with E-state index in [0.29, 0.717) is 17.8 Å². The number of aryl methyl sites for hydroxylation is 2. The van der Waals surface area contributed by atoms with E-state index in [9.17, 15) is 9.59 Å². The van der Waals surface area contributed by atoms with Crippen LogP contribution in [-0.2, 0) is 4.79 Å². The Morgan fingerprint density at radius 2 is 1.65 bits per heavy atom. The zero-order valence-corrected chi connectivity index (χ0v) is 19.1. The van der Waals surface area contributed by atoms with Gasteiger partial charge < -0.3 is 20.3 Å². The second kappa shape index (κ2) is 11.9. The van der Waals surface area contributed by atoms with Gasteiger partial charge in [-0.15, -0.1) is 0 Å². The highest BCUT2D eigenvalue weighted by atomic mass is 16.5. The molecule has 0 aliphatic carbocycles. The standard InChI is InChI=1S/C25H33N3O3/c1-6-28(7-2)15-14-26-25(30)20-8-10-21(11-9-20)27-24(29)13-12-23-18(3)16-22(31-5)17-19(23)4/h8-13,16-17H,6-7,14-15H2,1-5H3,(H,26,30)(H,27,29)/b13-12+. The molecule has 2 amide bonds. The summed E-state index contributed by atoms with van der Waals surface area (Å²) in [5.74, 6) is 0.454. The van der Waals surface area contributed by atoms with Crippen LogP contribution >= 0.6 is 0 Å². The summed E-state index contributed by atoms with van der Waals surface area (Å²) in [5, 5.41) is 5.75. The molecule has 0 spiro atoms. The van der Waals surface area contributed by atoms with Crippen LogP contribution in [0.2, 0.25) is 0 Å². The number of methoxy groups -OCH3 is 1. The van der Waals surface area contributed by atoms with Crippen LogP contribution in [0, 0.1) is 13.8 Å². The van der Waals surface area contributed by atoms with E-state index in [0.717, 1.165) is 42.1 Å². The van der Waals surface area contributed by atoms with Gasteiger partial charge in [0.2, 0.25) is 5.91 Å². The highest BCUT2D eigenvalue weighted by molar-refractivity contribution is 6.02. The van der Waals surface area contributed by atoms with Crippen molar-refractivity contribution >= 4 is 23.6 Å². The van der Waals surface area contributed by atoms with E-state index < -0.39 is 0 Å². The Balaban J connectivity index is 1.92. The molecule has 0 aromatic heterocycles. The SMILES string of the molecule is CCN(CC)CCNC(=O)c1ccc(NC(=O)/C=C/c2c(C)cc(OC)cc2C)cc1. The molecule has 0 aliphatic heterocycles. The van der Waals surface area contributed by atoms with E-state index in [1.807, 2.05) is 26.0 Å². The minimum atomic E-state index is -0.231. The fourth-order valence-corrected chi connectivity index (χ4v) is 3.33. The number of benzene rings is 2. The second-order valence-electron chi connectivity index (χ2n) is 7.36. The summed E-state index contributed by atoms with van der Waals surface area (Å²) in [6.45, 7) is 11.5. The van der Waals surface area contributed by atoms with Crippen molar-refractivity contribution in [2.45, 2.75) is 27.7 Å². The zero-order chi connectivity index (χ0) is 22.8. The van der Waals surface area contributed by atoms with E-state index in [2.05, 4.69) is 29.4 Å². The van der Waals surface area contributed by atoms with Crippen LogP contribution in [0.15, 0.2) is 42.5 Å². The number of hydrogen-bond acceptors (Lipinski definition) is 4. The van der Waals surface area contributed by atoms with Gasteiger partial charge in [-0.2, -0.15) is 0 Å². The molecule has 2 aromatic rings. The van der Waals surface area contributed by atoms with E-state index in [-0.39, 0.29) is 11.8 Å². The van der Waals surface area contributed by atoms with Gasteiger partial charge in [-0.3, -0.25) is 9.59 Å². The third-order valence-electron chi connectivity index (χ3n) is 5.23. The second-order valence-corrected chi connectivity index (χ2v) is 7.36. The molecule has 6 heteroatoms. The van der Waals surface area contributed by atoms with Crippen LogP contribution in [0.25, 0.3) is 6.08 Å². The number of nitrogens with one attached hydrogen (secondary N) is 2. The number of carbonyl (C=O) groups is 2. The van der Waals surface area contributed by atoms with Crippen LogP contribution in [0.4, 0.5) is 5.69 Å². The van der Waals surface area contributed by atoms with Gasteiger partial charge in [0.25, 0.3) is 5.91 Å². The molecule has 0 unspecified atom stereocenters. The summed E-state index contributed by atoms with van der Waals surface area (Å²) in [5.41, 5.74) is 4.28. The normalized spacial score (nSPS) is 11.0. The molecular weight excluding hydrogens is 390 g/mol. The van der Waals surface area contributed by atoms with Gasteiger partial charge in [0.15, 0.2) is 0 Å². The minimum absolute atomic E-state index is 0.115. The molecular formula is C25H33N3O3. The van der Waals surface area contributed by atoms with E-state index in [1.165, 1.54) is 6.08 Å². The molecule has 2 N–H and O–H groups in total. The number of amides is 2. The highest BCUT2D eigenvalue weighted by Gasteiger charge is 2.07. The van der Waals surface area contributed by atoms with E-state index >= 15 is 0 Å². The first-order valence-electron chi connectivity index (χ1n) is 10.6. The average molecular weight is 424 g/mol. The molecule has 6 nitrogen and oxygen atoms in total. The maximum atomic E-state index is 12.3. The van der Waals surface area contributed by atoms with Crippen molar-refractivity contribution in [3.63, 3.8) is 0 Å². The van der Waals surface area contributed by atoms with Crippen molar-refractivity contribution in [3.05, 3.63) is 64.7 Å². The number of carbonyl (C=O) groups excluding carboxylic acids is 2. The van der Waals surface area contributed by atoms with Gasteiger partial charge >= 0.3 is 0 Å². The summed E-state index contributed by atoms with van der Waals surface area (Å²) >= 11 is 0. The van der Waals surface area contributed by atoms with Crippen molar-refractivity contribution in [3.8, 4) is 5.75 Å². The highest BCUT2D eigenvalue weighted by Crippen LogP contribution is 2.22. The number of ether oxygens (including phenoxy) is 1. The average Bonchev–Trinajstić information content (AvgIpc) is 2.76. The predicted octanol–water partition coefficient (Wildman–Crippen LogP) is 4.04. The first kappa shape index (κ1) is 24.2. The van der Waals surface area contributed by atoms with Gasteiger partial charge in [-0.25, -0.2) is 0 Å². The molecule has 0 saturated heterocycles. The fraction of sp³-hybridized carbons (Fsp3) is 0.360. The first-order chi connectivity index (χ1) is 14.9. The minimum Gasteiger partial charge on any atom is -0.497 e. The molecule has 0 radical (unpaired) electrons. The Morgan fingerprint density at radius 3 is 2.19 bits per heavy atom. The Kier molecular flexibility index (Phi) is 9.28. The van der Waals surface area contributed by atoms with Crippen molar-refractivity contribution in [1.29, 1.82) is 0 Å². The summed E-state index contributed by atoms with van der Waals surface area (Å²) in [6, 6.07) is 10.8. The van der Waals surface area contributed by atoms with Gasteiger partial charge in [-0.1, -0.05) is 13.8 Å². The molecule has 2 aromatic carbocycles. The Morgan fingerprint density at radius 1 is 1.03 bits per heavy atom. The lowest BCUT2D eigenvalue weighted by molar-refractivity contribution is -0.111. The van der Waals surface area contributed by atoms with Crippen LogP contribution in [0.1, 0.15) is 40.9 Å².